The van der Waals surface area contributed by atoms with E-state index in [0.29, 0.717) is 0 Å². The molecule has 4 heteroatoms. The van der Waals surface area contributed by atoms with Crippen molar-refractivity contribution in [3.8, 4) is 0 Å². The van der Waals surface area contributed by atoms with Crippen molar-refractivity contribution >= 4 is 11.4 Å². The number of hydrogen-bond donors (Lipinski definition) is 2. The van der Waals surface area contributed by atoms with Crippen LogP contribution in [0.1, 0.15) is 26.2 Å². The molecule has 0 radical (unpaired) electrons. The summed E-state index contributed by atoms with van der Waals surface area (Å²) >= 11 is 0. The third-order valence-corrected chi connectivity index (χ3v) is 2.94. The van der Waals surface area contributed by atoms with Gasteiger partial charge in [0, 0.05) is 19.7 Å². The van der Waals surface area contributed by atoms with Crippen LogP contribution in [0.4, 0.5) is 11.4 Å². The molecule has 1 aromatic heterocycles. The van der Waals surface area contributed by atoms with E-state index in [4.69, 9.17) is 4.74 Å². The molecule has 0 amide bonds. The van der Waals surface area contributed by atoms with Crippen molar-refractivity contribution in [1.29, 1.82) is 0 Å². The second-order valence-electron chi connectivity index (χ2n) is 4.83. The molecule has 18 heavy (non-hydrogen) atoms. The van der Waals surface area contributed by atoms with E-state index in [1.807, 2.05) is 12.4 Å². The van der Waals surface area contributed by atoms with Gasteiger partial charge in [0.05, 0.1) is 30.4 Å². The monoisotopic (exact) mass is 249 g/mol. The van der Waals surface area contributed by atoms with Crippen molar-refractivity contribution in [3.63, 3.8) is 0 Å². The number of rotatable bonds is 9. The lowest BCUT2D eigenvalue weighted by Crippen LogP contribution is -2.11. The second kappa shape index (κ2) is 7.21. The van der Waals surface area contributed by atoms with Gasteiger partial charge in [0.2, 0.25) is 0 Å². The van der Waals surface area contributed by atoms with Crippen molar-refractivity contribution in [2.45, 2.75) is 26.2 Å². The highest BCUT2D eigenvalue weighted by molar-refractivity contribution is 5.53. The number of pyridine rings is 1. The standard InChI is InChI=1S/C14H23N3O/c1-2-5-16-13-8-14(10-15-9-13)17-6-7-18-11-12-3-4-12/h8-10,12,16-17H,2-7,11H2,1H3. The Balaban J connectivity index is 1.64. The molecule has 0 aromatic carbocycles. The minimum absolute atomic E-state index is 0.767. The molecule has 1 aliphatic rings. The lowest BCUT2D eigenvalue weighted by molar-refractivity contribution is 0.134. The fraction of sp³-hybridized carbons (Fsp3) is 0.643. The van der Waals surface area contributed by atoms with Gasteiger partial charge in [-0.3, -0.25) is 4.98 Å². The van der Waals surface area contributed by atoms with Gasteiger partial charge in [-0.2, -0.15) is 0 Å². The Morgan fingerprint density at radius 1 is 1.22 bits per heavy atom. The summed E-state index contributed by atoms with van der Waals surface area (Å²) < 4.78 is 5.58. The Morgan fingerprint density at radius 3 is 2.61 bits per heavy atom. The number of hydrogen-bond acceptors (Lipinski definition) is 4. The molecule has 100 valence electrons. The summed E-state index contributed by atoms with van der Waals surface area (Å²) in [7, 11) is 0. The van der Waals surface area contributed by atoms with Crippen LogP contribution in [0, 0.1) is 5.92 Å². The van der Waals surface area contributed by atoms with Crippen LogP contribution in [0.25, 0.3) is 0 Å². The first kappa shape index (κ1) is 13.1. The molecule has 1 fully saturated rings. The maximum absolute atomic E-state index is 5.58. The molecule has 1 heterocycles. The molecule has 1 aromatic rings. The summed E-state index contributed by atoms with van der Waals surface area (Å²) in [5.41, 5.74) is 2.12. The van der Waals surface area contributed by atoms with Gasteiger partial charge in [-0.1, -0.05) is 6.92 Å². The highest BCUT2D eigenvalue weighted by Crippen LogP contribution is 2.28. The lowest BCUT2D eigenvalue weighted by atomic mass is 10.3. The molecule has 2 N–H and O–H groups in total. The Bertz CT molecular complexity index is 353. The molecule has 0 bridgehead atoms. The Morgan fingerprint density at radius 2 is 1.94 bits per heavy atom. The predicted octanol–water partition coefficient (Wildman–Crippen LogP) is 2.74. The van der Waals surface area contributed by atoms with Crippen molar-refractivity contribution in [2.75, 3.05) is 36.9 Å². The zero-order valence-electron chi connectivity index (χ0n) is 11.1. The summed E-state index contributed by atoms with van der Waals surface area (Å²) in [5, 5.41) is 6.65. The molecule has 4 nitrogen and oxygen atoms in total. The first-order valence-electron chi connectivity index (χ1n) is 6.89. The van der Waals surface area contributed by atoms with E-state index >= 15 is 0 Å². The van der Waals surface area contributed by atoms with Gasteiger partial charge in [-0.05, 0) is 31.2 Å². The van der Waals surface area contributed by atoms with E-state index in [9.17, 15) is 0 Å². The Kier molecular flexibility index (Phi) is 5.27. The number of aromatic nitrogens is 1. The first-order valence-corrected chi connectivity index (χ1v) is 6.89. The summed E-state index contributed by atoms with van der Waals surface area (Å²) in [4.78, 5) is 4.21. The minimum atomic E-state index is 0.767. The molecule has 0 unspecified atom stereocenters. The molecular weight excluding hydrogens is 226 g/mol. The maximum atomic E-state index is 5.58. The van der Waals surface area contributed by atoms with Crippen molar-refractivity contribution in [1.82, 2.24) is 4.98 Å². The van der Waals surface area contributed by atoms with Crippen LogP contribution in [0.5, 0.6) is 0 Å². The number of anilines is 2. The fourth-order valence-corrected chi connectivity index (χ4v) is 1.70. The zero-order valence-corrected chi connectivity index (χ0v) is 11.1. The van der Waals surface area contributed by atoms with Gasteiger partial charge in [0.1, 0.15) is 0 Å². The SMILES string of the molecule is CCCNc1cncc(NCCOCC2CC2)c1. The second-order valence-corrected chi connectivity index (χ2v) is 4.83. The van der Waals surface area contributed by atoms with E-state index in [-0.39, 0.29) is 0 Å². The highest BCUT2D eigenvalue weighted by Gasteiger charge is 2.20. The van der Waals surface area contributed by atoms with Crippen LogP contribution in [-0.2, 0) is 4.74 Å². The molecular formula is C14H23N3O. The smallest absolute Gasteiger partial charge is 0.0639 e. The van der Waals surface area contributed by atoms with E-state index in [2.05, 4.69) is 28.6 Å². The first-order chi connectivity index (χ1) is 8.88. The Hall–Kier alpha value is -1.29. The van der Waals surface area contributed by atoms with E-state index in [0.717, 1.165) is 50.0 Å². The van der Waals surface area contributed by atoms with Crippen molar-refractivity contribution < 1.29 is 4.74 Å². The number of nitrogens with zero attached hydrogens (tertiary/aromatic N) is 1. The van der Waals surface area contributed by atoms with E-state index < -0.39 is 0 Å². The topological polar surface area (TPSA) is 46.2 Å². The summed E-state index contributed by atoms with van der Waals surface area (Å²) in [6.07, 6.45) is 7.51. The van der Waals surface area contributed by atoms with Crippen LogP contribution in [0.2, 0.25) is 0 Å². The summed E-state index contributed by atoms with van der Waals surface area (Å²) in [6, 6.07) is 2.09. The van der Waals surface area contributed by atoms with Gasteiger partial charge in [0.25, 0.3) is 0 Å². The van der Waals surface area contributed by atoms with Gasteiger partial charge in [-0.25, -0.2) is 0 Å². The largest absolute Gasteiger partial charge is 0.384 e. The quantitative estimate of drug-likeness (QED) is 0.661. The van der Waals surface area contributed by atoms with Crippen molar-refractivity contribution in [2.24, 2.45) is 5.92 Å². The van der Waals surface area contributed by atoms with Gasteiger partial charge in [-0.15, -0.1) is 0 Å². The Labute approximate surface area is 109 Å². The third-order valence-electron chi connectivity index (χ3n) is 2.94. The molecule has 1 aliphatic carbocycles. The normalized spacial score (nSPS) is 14.5. The minimum Gasteiger partial charge on any atom is -0.384 e. The van der Waals surface area contributed by atoms with Crippen LogP contribution >= 0.6 is 0 Å². The van der Waals surface area contributed by atoms with E-state index in [1.54, 1.807) is 0 Å². The van der Waals surface area contributed by atoms with Crippen LogP contribution in [0.3, 0.4) is 0 Å². The maximum Gasteiger partial charge on any atom is 0.0639 e. The summed E-state index contributed by atoms with van der Waals surface area (Å²) in [6.45, 7) is 5.67. The van der Waals surface area contributed by atoms with Crippen LogP contribution in [0.15, 0.2) is 18.5 Å². The average molecular weight is 249 g/mol. The third kappa shape index (κ3) is 4.92. The average Bonchev–Trinajstić information content (AvgIpc) is 3.20. The predicted molar refractivity (Wildman–Crippen MR) is 75.1 cm³/mol. The fourth-order valence-electron chi connectivity index (χ4n) is 1.70. The van der Waals surface area contributed by atoms with Gasteiger partial charge in [0.15, 0.2) is 0 Å². The molecule has 2 rings (SSSR count). The molecule has 0 aliphatic heterocycles. The molecule has 0 spiro atoms. The van der Waals surface area contributed by atoms with Crippen LogP contribution < -0.4 is 10.6 Å². The van der Waals surface area contributed by atoms with E-state index in [1.165, 1.54) is 12.8 Å². The van der Waals surface area contributed by atoms with Gasteiger partial charge < -0.3 is 15.4 Å². The van der Waals surface area contributed by atoms with Crippen molar-refractivity contribution in [3.05, 3.63) is 18.5 Å². The number of nitrogens with one attached hydrogen (secondary N) is 2. The zero-order chi connectivity index (χ0) is 12.6. The molecule has 1 saturated carbocycles. The highest BCUT2D eigenvalue weighted by atomic mass is 16.5. The summed E-state index contributed by atoms with van der Waals surface area (Å²) in [5.74, 6) is 0.841. The van der Waals surface area contributed by atoms with Crippen LogP contribution in [-0.4, -0.2) is 31.3 Å². The number of ether oxygens (including phenoxy) is 1. The molecule has 0 saturated heterocycles. The lowest BCUT2D eigenvalue weighted by Gasteiger charge is -2.09. The molecule has 0 atom stereocenters. The van der Waals surface area contributed by atoms with Gasteiger partial charge >= 0.3 is 0 Å².